The van der Waals surface area contributed by atoms with E-state index in [9.17, 15) is 9.59 Å². The van der Waals surface area contributed by atoms with E-state index in [0.29, 0.717) is 22.6 Å². The third-order valence-corrected chi connectivity index (χ3v) is 5.66. The van der Waals surface area contributed by atoms with Crippen LogP contribution in [0, 0.1) is 13.8 Å². The van der Waals surface area contributed by atoms with Crippen LogP contribution in [0.2, 0.25) is 0 Å². The molecule has 0 saturated heterocycles. The number of rotatable bonds is 5. The van der Waals surface area contributed by atoms with Crippen molar-refractivity contribution >= 4 is 34.3 Å². The number of amides is 1. The number of carbonyl (C=O) groups is 1. The van der Waals surface area contributed by atoms with Gasteiger partial charge in [0.05, 0.1) is 16.2 Å². The van der Waals surface area contributed by atoms with Crippen LogP contribution >= 0.6 is 11.8 Å². The molecule has 140 valence electrons. The van der Waals surface area contributed by atoms with Gasteiger partial charge in [0.25, 0.3) is 5.56 Å². The molecule has 1 unspecified atom stereocenters. The van der Waals surface area contributed by atoms with Crippen LogP contribution in [0.25, 0.3) is 10.9 Å². The fraction of sp³-hybridized carbons (Fsp3) is 0.286. The van der Waals surface area contributed by atoms with Gasteiger partial charge in [0.2, 0.25) is 5.91 Å². The third kappa shape index (κ3) is 4.06. The molecule has 3 rings (SSSR count). The van der Waals surface area contributed by atoms with Gasteiger partial charge in [0.1, 0.15) is 0 Å². The monoisotopic (exact) mass is 381 g/mol. The average molecular weight is 382 g/mol. The van der Waals surface area contributed by atoms with E-state index in [1.165, 1.54) is 17.3 Å². The van der Waals surface area contributed by atoms with E-state index < -0.39 is 5.25 Å². The van der Waals surface area contributed by atoms with E-state index in [0.717, 1.165) is 11.3 Å². The molecule has 0 bridgehead atoms. The van der Waals surface area contributed by atoms with Crippen LogP contribution in [-0.2, 0) is 11.3 Å². The molecule has 0 aliphatic heterocycles. The van der Waals surface area contributed by atoms with Crippen molar-refractivity contribution in [2.24, 2.45) is 0 Å². The van der Waals surface area contributed by atoms with Crippen LogP contribution in [0.5, 0.6) is 0 Å². The molecule has 0 fully saturated rings. The van der Waals surface area contributed by atoms with Crippen molar-refractivity contribution in [2.45, 2.75) is 44.6 Å². The van der Waals surface area contributed by atoms with E-state index in [2.05, 4.69) is 10.3 Å². The van der Waals surface area contributed by atoms with Crippen LogP contribution in [-0.4, -0.2) is 20.7 Å². The van der Waals surface area contributed by atoms with Crippen LogP contribution in [0.15, 0.2) is 52.4 Å². The molecule has 0 radical (unpaired) electrons. The summed E-state index contributed by atoms with van der Waals surface area (Å²) in [5.74, 6) is -0.117. The highest BCUT2D eigenvalue weighted by atomic mass is 32.2. The maximum absolute atomic E-state index is 12.7. The molecule has 6 heteroatoms. The van der Waals surface area contributed by atoms with Gasteiger partial charge < -0.3 is 5.32 Å². The van der Waals surface area contributed by atoms with E-state index in [1.54, 1.807) is 10.6 Å². The molecule has 5 nitrogen and oxygen atoms in total. The molecule has 1 heterocycles. The zero-order chi connectivity index (χ0) is 19.6. The Morgan fingerprint density at radius 3 is 2.63 bits per heavy atom. The number of para-hydroxylation sites is 1. The van der Waals surface area contributed by atoms with Crippen LogP contribution in [0.1, 0.15) is 25.0 Å². The van der Waals surface area contributed by atoms with Gasteiger partial charge in [-0.1, -0.05) is 30.0 Å². The van der Waals surface area contributed by atoms with Gasteiger partial charge in [-0.05, 0) is 63.1 Å². The summed E-state index contributed by atoms with van der Waals surface area (Å²) in [5.41, 5.74) is 3.66. The second kappa shape index (κ2) is 7.96. The zero-order valence-electron chi connectivity index (χ0n) is 15.9. The minimum Gasteiger partial charge on any atom is -0.325 e. The van der Waals surface area contributed by atoms with Gasteiger partial charge in [-0.25, -0.2) is 4.98 Å². The Hall–Kier alpha value is -2.60. The van der Waals surface area contributed by atoms with Gasteiger partial charge >= 0.3 is 0 Å². The standard InChI is InChI=1S/C21H23N3O2S/c1-5-24-20(26)17-8-6-7-9-18(17)23-21(24)27-15(4)19(25)22-16-11-10-13(2)14(3)12-16/h6-12,15H,5H2,1-4H3,(H,22,25). The summed E-state index contributed by atoms with van der Waals surface area (Å²) in [6.45, 7) is 8.28. The molecular formula is C21H23N3O2S. The Balaban J connectivity index is 1.84. The van der Waals surface area contributed by atoms with Crippen LogP contribution in [0.3, 0.4) is 0 Å². The van der Waals surface area contributed by atoms with E-state index in [4.69, 9.17) is 0 Å². The fourth-order valence-electron chi connectivity index (χ4n) is 2.79. The molecule has 0 saturated carbocycles. The lowest BCUT2D eigenvalue weighted by atomic mass is 10.1. The first kappa shape index (κ1) is 19.2. The molecule has 1 N–H and O–H groups in total. The Morgan fingerprint density at radius 2 is 1.93 bits per heavy atom. The Kier molecular flexibility index (Phi) is 5.65. The summed E-state index contributed by atoms with van der Waals surface area (Å²) >= 11 is 1.30. The van der Waals surface area contributed by atoms with Gasteiger partial charge in [-0.3, -0.25) is 14.2 Å². The number of benzene rings is 2. The maximum atomic E-state index is 12.7. The summed E-state index contributed by atoms with van der Waals surface area (Å²) in [5, 5.41) is 3.71. The fourth-order valence-corrected chi connectivity index (χ4v) is 3.76. The van der Waals surface area contributed by atoms with Crippen LogP contribution in [0.4, 0.5) is 5.69 Å². The quantitative estimate of drug-likeness (QED) is 0.533. The first-order chi connectivity index (χ1) is 12.9. The maximum Gasteiger partial charge on any atom is 0.262 e. The zero-order valence-corrected chi connectivity index (χ0v) is 16.8. The van der Waals surface area contributed by atoms with Gasteiger partial charge in [0.15, 0.2) is 5.16 Å². The number of aromatic nitrogens is 2. The second-order valence-corrected chi connectivity index (χ2v) is 7.82. The highest BCUT2D eigenvalue weighted by Gasteiger charge is 2.19. The van der Waals surface area contributed by atoms with Crippen molar-refractivity contribution in [3.8, 4) is 0 Å². The number of nitrogens with zero attached hydrogens (tertiary/aromatic N) is 2. The van der Waals surface area contributed by atoms with Gasteiger partial charge in [-0.15, -0.1) is 0 Å². The SMILES string of the molecule is CCn1c(SC(C)C(=O)Nc2ccc(C)c(C)c2)nc2ccccc2c1=O. The van der Waals surface area contributed by atoms with Crippen molar-refractivity contribution in [3.63, 3.8) is 0 Å². The smallest absolute Gasteiger partial charge is 0.262 e. The number of hydrogen-bond donors (Lipinski definition) is 1. The van der Waals surface area contributed by atoms with E-state index in [-0.39, 0.29) is 11.5 Å². The predicted molar refractivity (Wildman–Crippen MR) is 112 cm³/mol. The molecule has 0 spiro atoms. The molecule has 1 amide bonds. The van der Waals surface area contributed by atoms with Gasteiger partial charge in [0, 0.05) is 12.2 Å². The Morgan fingerprint density at radius 1 is 1.19 bits per heavy atom. The third-order valence-electron chi connectivity index (χ3n) is 4.57. The highest BCUT2D eigenvalue weighted by Crippen LogP contribution is 2.24. The molecule has 27 heavy (non-hydrogen) atoms. The normalized spacial score (nSPS) is 12.1. The van der Waals surface area contributed by atoms with Crippen molar-refractivity contribution in [3.05, 3.63) is 63.9 Å². The molecule has 1 atom stereocenters. The first-order valence-corrected chi connectivity index (χ1v) is 9.83. The largest absolute Gasteiger partial charge is 0.325 e. The number of hydrogen-bond acceptors (Lipinski definition) is 4. The summed E-state index contributed by atoms with van der Waals surface area (Å²) < 4.78 is 1.62. The second-order valence-electron chi connectivity index (χ2n) is 6.51. The number of fused-ring (bicyclic) bond motifs is 1. The van der Waals surface area contributed by atoms with Crippen molar-refractivity contribution in [1.29, 1.82) is 0 Å². The van der Waals surface area contributed by atoms with E-state index >= 15 is 0 Å². The molecule has 0 aliphatic rings. The molecular weight excluding hydrogens is 358 g/mol. The van der Waals surface area contributed by atoms with Crippen molar-refractivity contribution in [1.82, 2.24) is 9.55 Å². The van der Waals surface area contributed by atoms with E-state index in [1.807, 2.05) is 64.1 Å². The highest BCUT2D eigenvalue weighted by molar-refractivity contribution is 8.00. The Bertz CT molecular complexity index is 1060. The number of nitrogens with one attached hydrogen (secondary N) is 1. The lowest BCUT2D eigenvalue weighted by molar-refractivity contribution is -0.115. The number of aryl methyl sites for hydroxylation is 2. The molecule has 1 aromatic heterocycles. The molecule has 2 aromatic carbocycles. The summed E-state index contributed by atoms with van der Waals surface area (Å²) in [7, 11) is 0. The van der Waals surface area contributed by atoms with Crippen molar-refractivity contribution < 1.29 is 4.79 Å². The summed E-state index contributed by atoms with van der Waals surface area (Å²) in [6.07, 6.45) is 0. The minimum absolute atomic E-state index is 0.0765. The van der Waals surface area contributed by atoms with Crippen LogP contribution < -0.4 is 10.9 Å². The minimum atomic E-state index is -0.391. The number of anilines is 1. The first-order valence-electron chi connectivity index (χ1n) is 8.95. The Labute approximate surface area is 162 Å². The topological polar surface area (TPSA) is 64.0 Å². The summed E-state index contributed by atoms with van der Waals surface area (Å²) in [6, 6.07) is 13.1. The molecule has 3 aromatic rings. The van der Waals surface area contributed by atoms with Gasteiger partial charge in [-0.2, -0.15) is 0 Å². The summed E-state index contributed by atoms with van der Waals surface area (Å²) in [4.78, 5) is 29.9. The van der Waals surface area contributed by atoms with Crippen molar-refractivity contribution in [2.75, 3.05) is 5.32 Å². The molecule has 0 aliphatic carbocycles. The lowest BCUT2D eigenvalue weighted by Crippen LogP contribution is -2.26. The average Bonchev–Trinajstić information content (AvgIpc) is 2.65. The number of carbonyl (C=O) groups excluding carboxylic acids is 1. The number of thioether (sulfide) groups is 1. The predicted octanol–water partition coefficient (Wildman–Crippen LogP) is 4.15. The lowest BCUT2D eigenvalue weighted by Gasteiger charge is -2.15.